The lowest BCUT2D eigenvalue weighted by atomic mass is 9.99. The van der Waals surface area contributed by atoms with Gasteiger partial charge in [0, 0.05) is 19.6 Å². The molecule has 6 nitrogen and oxygen atoms in total. The zero-order chi connectivity index (χ0) is 18.2. The summed E-state index contributed by atoms with van der Waals surface area (Å²) < 4.78 is 66.4. The van der Waals surface area contributed by atoms with Crippen molar-refractivity contribution in [2.24, 2.45) is 5.92 Å². The van der Waals surface area contributed by atoms with E-state index in [0.29, 0.717) is 25.9 Å². The summed E-state index contributed by atoms with van der Waals surface area (Å²) in [5, 5.41) is -0.204. The van der Waals surface area contributed by atoms with E-state index in [1.54, 1.807) is 4.31 Å². The Morgan fingerprint density at radius 2 is 1.76 bits per heavy atom. The summed E-state index contributed by atoms with van der Waals surface area (Å²) in [6.45, 7) is 2.67. The average Bonchev–Trinajstić information content (AvgIpc) is 3.41. The van der Waals surface area contributed by atoms with E-state index < -0.39 is 25.9 Å². The van der Waals surface area contributed by atoms with Gasteiger partial charge in [-0.3, -0.25) is 0 Å². The van der Waals surface area contributed by atoms with Crippen LogP contribution in [0.3, 0.4) is 0 Å². The third-order valence-corrected chi connectivity index (χ3v) is 8.70. The van der Waals surface area contributed by atoms with Gasteiger partial charge in [0.2, 0.25) is 20.0 Å². The van der Waals surface area contributed by atoms with Crippen molar-refractivity contribution in [3.63, 3.8) is 0 Å². The van der Waals surface area contributed by atoms with Crippen LogP contribution in [0.2, 0.25) is 0 Å². The molecule has 1 N–H and O–H groups in total. The Hall–Kier alpha value is -1.03. The maximum absolute atomic E-state index is 13.3. The molecule has 1 aromatic rings. The highest BCUT2D eigenvalue weighted by Crippen LogP contribution is 2.33. The standard InChI is InChI=1S/C16H23FN2O4S2/c1-12-10-15(4-5-16(12)17)24(20,21)18-11-13-6-8-19(9-7-13)25(22,23)14-2-3-14/h4-5,10,13-14,18H,2-3,6-9,11H2,1H3. The van der Waals surface area contributed by atoms with Gasteiger partial charge in [-0.25, -0.2) is 30.3 Å². The Labute approximate surface area is 148 Å². The second-order valence-corrected chi connectivity index (χ2v) is 10.8. The summed E-state index contributed by atoms with van der Waals surface area (Å²) in [6, 6.07) is 3.70. The third kappa shape index (κ3) is 4.21. The topological polar surface area (TPSA) is 83.6 Å². The lowest BCUT2D eigenvalue weighted by Gasteiger charge is -2.31. The van der Waals surface area contributed by atoms with Crippen molar-refractivity contribution in [2.75, 3.05) is 19.6 Å². The van der Waals surface area contributed by atoms with Crippen molar-refractivity contribution < 1.29 is 21.2 Å². The number of hydrogen-bond acceptors (Lipinski definition) is 4. The molecule has 0 bridgehead atoms. The lowest BCUT2D eigenvalue weighted by molar-refractivity contribution is 0.274. The van der Waals surface area contributed by atoms with Crippen LogP contribution in [0.4, 0.5) is 4.39 Å². The molecule has 1 aromatic carbocycles. The lowest BCUT2D eigenvalue weighted by Crippen LogP contribution is -2.42. The van der Waals surface area contributed by atoms with Crippen LogP contribution >= 0.6 is 0 Å². The van der Waals surface area contributed by atoms with Crippen LogP contribution in [0.1, 0.15) is 31.2 Å². The van der Waals surface area contributed by atoms with Crippen LogP contribution in [0, 0.1) is 18.7 Å². The fourth-order valence-corrected chi connectivity index (χ4v) is 6.11. The van der Waals surface area contributed by atoms with Crippen LogP contribution in [0.15, 0.2) is 23.1 Å². The first-order chi connectivity index (χ1) is 11.7. The Morgan fingerprint density at radius 3 is 2.32 bits per heavy atom. The number of halogens is 1. The van der Waals surface area contributed by atoms with E-state index in [1.165, 1.54) is 19.1 Å². The summed E-state index contributed by atoms with van der Waals surface area (Å²) in [6.07, 6.45) is 2.77. The van der Waals surface area contributed by atoms with E-state index in [4.69, 9.17) is 0 Å². The molecule has 0 unspecified atom stereocenters. The van der Waals surface area contributed by atoms with Crippen LogP contribution in [-0.2, 0) is 20.0 Å². The van der Waals surface area contributed by atoms with Crippen molar-refractivity contribution in [3.05, 3.63) is 29.6 Å². The van der Waals surface area contributed by atoms with Crippen LogP contribution in [0.25, 0.3) is 0 Å². The SMILES string of the molecule is Cc1cc(S(=O)(=O)NCC2CCN(S(=O)(=O)C3CC3)CC2)ccc1F. The molecule has 25 heavy (non-hydrogen) atoms. The summed E-state index contributed by atoms with van der Waals surface area (Å²) in [7, 11) is -6.84. The molecule has 3 rings (SSSR count). The predicted molar refractivity (Wildman–Crippen MR) is 92.6 cm³/mol. The Bertz CT molecular complexity index is 843. The number of piperidine rings is 1. The molecule has 2 aliphatic rings. The number of sulfonamides is 2. The normalized spacial score (nSPS) is 20.7. The van der Waals surface area contributed by atoms with E-state index in [9.17, 15) is 21.2 Å². The first kappa shape index (κ1) is 18.8. The fourth-order valence-electron chi connectivity index (χ4n) is 3.04. The molecule has 1 heterocycles. The second kappa shape index (κ2) is 6.94. The molecule has 0 aromatic heterocycles. The molecule has 1 aliphatic carbocycles. The minimum Gasteiger partial charge on any atom is -0.212 e. The van der Waals surface area contributed by atoms with E-state index in [-0.39, 0.29) is 28.2 Å². The van der Waals surface area contributed by atoms with Gasteiger partial charge in [0.1, 0.15) is 5.82 Å². The highest BCUT2D eigenvalue weighted by molar-refractivity contribution is 7.90. The van der Waals surface area contributed by atoms with E-state index in [2.05, 4.69) is 4.72 Å². The maximum Gasteiger partial charge on any atom is 0.240 e. The first-order valence-corrected chi connectivity index (χ1v) is 11.4. The zero-order valence-corrected chi connectivity index (χ0v) is 15.7. The van der Waals surface area contributed by atoms with Crippen LogP contribution in [0.5, 0.6) is 0 Å². The molecule has 9 heteroatoms. The van der Waals surface area contributed by atoms with Gasteiger partial charge in [0.15, 0.2) is 0 Å². The Kier molecular flexibility index (Phi) is 5.21. The molecular weight excluding hydrogens is 367 g/mol. The van der Waals surface area contributed by atoms with Gasteiger partial charge in [-0.2, -0.15) is 0 Å². The van der Waals surface area contributed by atoms with Crippen molar-refractivity contribution in [1.82, 2.24) is 9.03 Å². The summed E-state index contributed by atoms with van der Waals surface area (Å²) in [5.74, 6) is -0.342. The number of nitrogens with one attached hydrogen (secondary N) is 1. The van der Waals surface area contributed by atoms with Crippen LogP contribution < -0.4 is 4.72 Å². The largest absolute Gasteiger partial charge is 0.240 e. The van der Waals surface area contributed by atoms with Gasteiger partial charge in [0.05, 0.1) is 10.1 Å². The summed E-state index contributed by atoms with van der Waals surface area (Å²) >= 11 is 0. The van der Waals surface area contributed by atoms with Crippen molar-refractivity contribution in [2.45, 2.75) is 42.8 Å². The van der Waals surface area contributed by atoms with Gasteiger partial charge in [-0.05, 0) is 62.3 Å². The van der Waals surface area contributed by atoms with Crippen LogP contribution in [-0.4, -0.2) is 46.0 Å². The van der Waals surface area contributed by atoms with Gasteiger partial charge in [-0.15, -0.1) is 0 Å². The highest BCUT2D eigenvalue weighted by Gasteiger charge is 2.41. The molecular formula is C16H23FN2O4S2. The molecule has 0 amide bonds. The monoisotopic (exact) mass is 390 g/mol. The minimum absolute atomic E-state index is 0.0418. The molecule has 1 aliphatic heterocycles. The smallest absolute Gasteiger partial charge is 0.212 e. The van der Waals surface area contributed by atoms with Gasteiger partial charge in [-0.1, -0.05) is 0 Å². The Morgan fingerprint density at radius 1 is 1.12 bits per heavy atom. The van der Waals surface area contributed by atoms with Gasteiger partial charge in [0.25, 0.3) is 0 Å². The minimum atomic E-state index is -3.69. The van der Waals surface area contributed by atoms with Crippen molar-refractivity contribution in [3.8, 4) is 0 Å². The quantitative estimate of drug-likeness (QED) is 0.800. The van der Waals surface area contributed by atoms with E-state index >= 15 is 0 Å². The van der Waals surface area contributed by atoms with E-state index in [0.717, 1.165) is 18.9 Å². The molecule has 1 saturated heterocycles. The van der Waals surface area contributed by atoms with Crippen molar-refractivity contribution >= 4 is 20.0 Å². The second-order valence-electron chi connectivity index (χ2n) is 6.85. The number of benzene rings is 1. The molecule has 140 valence electrons. The number of hydrogen-bond donors (Lipinski definition) is 1. The van der Waals surface area contributed by atoms with Crippen molar-refractivity contribution in [1.29, 1.82) is 0 Å². The number of aryl methyl sites for hydroxylation is 1. The molecule has 0 radical (unpaired) electrons. The predicted octanol–water partition coefficient (Wildman–Crippen LogP) is 1.62. The number of rotatable bonds is 6. The first-order valence-electron chi connectivity index (χ1n) is 8.45. The summed E-state index contributed by atoms with van der Waals surface area (Å²) in [5.41, 5.74) is 0.279. The third-order valence-electron chi connectivity index (χ3n) is 4.88. The highest BCUT2D eigenvalue weighted by atomic mass is 32.2. The van der Waals surface area contributed by atoms with Gasteiger partial charge < -0.3 is 0 Å². The number of nitrogens with zero attached hydrogens (tertiary/aromatic N) is 1. The average molecular weight is 391 g/mol. The molecule has 0 atom stereocenters. The zero-order valence-electron chi connectivity index (χ0n) is 14.1. The summed E-state index contributed by atoms with van der Waals surface area (Å²) in [4.78, 5) is 0.0418. The van der Waals surface area contributed by atoms with Gasteiger partial charge >= 0.3 is 0 Å². The molecule has 0 spiro atoms. The Balaban J connectivity index is 1.55. The maximum atomic E-state index is 13.3. The molecule has 1 saturated carbocycles. The fraction of sp³-hybridized carbons (Fsp3) is 0.625. The van der Waals surface area contributed by atoms with E-state index in [1.807, 2.05) is 0 Å². The molecule has 2 fully saturated rings.